The van der Waals surface area contributed by atoms with Crippen molar-refractivity contribution in [1.82, 2.24) is 9.97 Å². The monoisotopic (exact) mass is 370 g/mol. The molecule has 0 bridgehead atoms. The van der Waals surface area contributed by atoms with Crippen molar-refractivity contribution in [3.05, 3.63) is 47.5 Å². The van der Waals surface area contributed by atoms with E-state index in [0.29, 0.717) is 5.82 Å². The van der Waals surface area contributed by atoms with E-state index in [-0.39, 0.29) is 5.82 Å². The fourth-order valence-electron chi connectivity index (χ4n) is 3.37. The van der Waals surface area contributed by atoms with Gasteiger partial charge in [0.1, 0.15) is 5.82 Å². The van der Waals surface area contributed by atoms with Crippen LogP contribution >= 0.6 is 0 Å². The lowest BCUT2D eigenvalue weighted by atomic mass is 10.0. The van der Waals surface area contributed by atoms with Crippen LogP contribution in [0.3, 0.4) is 0 Å². The van der Waals surface area contributed by atoms with Crippen molar-refractivity contribution >= 4 is 0 Å². The van der Waals surface area contributed by atoms with E-state index >= 15 is 0 Å². The molecule has 0 unspecified atom stereocenters. The van der Waals surface area contributed by atoms with E-state index in [1.807, 2.05) is 24.5 Å². The number of hydrogen-bond acceptors (Lipinski definition) is 2. The second-order valence-corrected chi connectivity index (χ2v) is 7.55. The Morgan fingerprint density at radius 3 is 2.00 bits per heavy atom. The summed E-state index contributed by atoms with van der Waals surface area (Å²) in [6.45, 7) is 4.44. The predicted molar refractivity (Wildman–Crippen MR) is 112 cm³/mol. The smallest absolute Gasteiger partial charge is 0.159 e. The molecule has 27 heavy (non-hydrogen) atoms. The molecule has 0 aliphatic rings. The summed E-state index contributed by atoms with van der Waals surface area (Å²) in [7, 11) is 0. The molecular weight excluding hydrogens is 335 g/mol. The number of aryl methyl sites for hydroxylation is 2. The fraction of sp³-hybridized carbons (Fsp3) is 0.583. The summed E-state index contributed by atoms with van der Waals surface area (Å²) >= 11 is 0. The molecule has 0 aliphatic heterocycles. The Balaban J connectivity index is 1.85. The molecule has 1 aromatic heterocycles. The second kappa shape index (κ2) is 12.6. The molecule has 0 amide bonds. The maximum atomic E-state index is 14.4. The van der Waals surface area contributed by atoms with Gasteiger partial charge in [0.15, 0.2) is 5.82 Å². The van der Waals surface area contributed by atoms with E-state index in [0.717, 1.165) is 36.0 Å². The van der Waals surface area contributed by atoms with Gasteiger partial charge in [0.05, 0.1) is 0 Å². The van der Waals surface area contributed by atoms with Crippen LogP contribution in [-0.2, 0) is 12.8 Å². The quantitative estimate of drug-likeness (QED) is 0.345. The molecule has 148 valence electrons. The van der Waals surface area contributed by atoms with Crippen LogP contribution in [0.25, 0.3) is 11.4 Å². The molecule has 0 spiro atoms. The summed E-state index contributed by atoms with van der Waals surface area (Å²) < 4.78 is 14.4. The van der Waals surface area contributed by atoms with Crippen molar-refractivity contribution in [1.29, 1.82) is 0 Å². The highest BCUT2D eigenvalue weighted by molar-refractivity contribution is 5.55. The maximum Gasteiger partial charge on any atom is 0.159 e. The lowest BCUT2D eigenvalue weighted by molar-refractivity contribution is 0.580. The third-order valence-corrected chi connectivity index (χ3v) is 5.14. The lowest BCUT2D eigenvalue weighted by Crippen LogP contribution is -1.96. The van der Waals surface area contributed by atoms with Gasteiger partial charge in [-0.3, -0.25) is 0 Å². The SMILES string of the molecule is CCCCCCCCc1ccc(-c2ncc(CCCCCC)cn2)cc1F. The molecule has 0 saturated heterocycles. The number of halogens is 1. The van der Waals surface area contributed by atoms with E-state index in [4.69, 9.17) is 0 Å². The highest BCUT2D eigenvalue weighted by Gasteiger charge is 2.07. The van der Waals surface area contributed by atoms with Crippen molar-refractivity contribution in [3.8, 4) is 11.4 Å². The van der Waals surface area contributed by atoms with Crippen LogP contribution in [0, 0.1) is 5.82 Å². The highest BCUT2D eigenvalue weighted by Crippen LogP contribution is 2.20. The molecule has 1 aromatic carbocycles. The van der Waals surface area contributed by atoms with Gasteiger partial charge in [-0.05, 0) is 42.9 Å². The topological polar surface area (TPSA) is 25.8 Å². The molecule has 3 heteroatoms. The summed E-state index contributed by atoms with van der Waals surface area (Å²) in [6.07, 6.45) is 17.9. The van der Waals surface area contributed by atoms with E-state index < -0.39 is 0 Å². The largest absolute Gasteiger partial charge is 0.236 e. The van der Waals surface area contributed by atoms with Gasteiger partial charge in [-0.15, -0.1) is 0 Å². The predicted octanol–water partition coefficient (Wildman–Crippen LogP) is 7.31. The Bertz CT molecular complexity index is 652. The van der Waals surface area contributed by atoms with E-state index in [1.54, 1.807) is 6.07 Å². The first-order valence-electron chi connectivity index (χ1n) is 10.8. The van der Waals surface area contributed by atoms with Crippen LogP contribution in [0.5, 0.6) is 0 Å². The molecule has 2 aromatic rings. The Morgan fingerprint density at radius 1 is 0.741 bits per heavy atom. The molecule has 0 saturated carbocycles. The van der Waals surface area contributed by atoms with Crippen molar-refractivity contribution in [2.45, 2.75) is 90.9 Å². The van der Waals surface area contributed by atoms with Gasteiger partial charge >= 0.3 is 0 Å². The second-order valence-electron chi connectivity index (χ2n) is 7.55. The van der Waals surface area contributed by atoms with Crippen molar-refractivity contribution in [3.63, 3.8) is 0 Å². The molecule has 2 rings (SSSR count). The summed E-state index contributed by atoms with van der Waals surface area (Å²) in [4.78, 5) is 8.89. The normalized spacial score (nSPS) is 11.1. The molecule has 0 aliphatic carbocycles. The van der Waals surface area contributed by atoms with Gasteiger partial charge in [-0.1, -0.05) is 77.3 Å². The first-order chi connectivity index (χ1) is 13.2. The number of hydrogen-bond donors (Lipinski definition) is 0. The van der Waals surface area contributed by atoms with Gasteiger partial charge < -0.3 is 0 Å². The third kappa shape index (κ3) is 7.78. The summed E-state index contributed by atoms with van der Waals surface area (Å²) in [5.74, 6) is 0.477. The molecule has 0 radical (unpaired) electrons. The summed E-state index contributed by atoms with van der Waals surface area (Å²) in [5, 5.41) is 0. The Labute approximate surface area is 164 Å². The fourth-order valence-corrected chi connectivity index (χ4v) is 3.37. The average Bonchev–Trinajstić information content (AvgIpc) is 2.69. The lowest BCUT2D eigenvalue weighted by Gasteiger charge is -2.07. The standard InChI is InChI=1S/C24H35FN2/c1-3-5-7-9-10-12-14-21-15-16-22(17-23(21)25)24-26-18-20(19-27-24)13-11-8-6-4-2/h15-19H,3-14H2,1-2H3. The van der Waals surface area contributed by atoms with Crippen molar-refractivity contribution in [2.24, 2.45) is 0 Å². The zero-order valence-corrected chi connectivity index (χ0v) is 17.1. The zero-order valence-electron chi connectivity index (χ0n) is 17.1. The first kappa shape index (κ1) is 21.5. The van der Waals surface area contributed by atoms with Crippen LogP contribution in [0.4, 0.5) is 4.39 Å². The number of nitrogens with zero attached hydrogens (tertiary/aromatic N) is 2. The molecule has 2 nitrogen and oxygen atoms in total. The van der Waals surface area contributed by atoms with Crippen molar-refractivity contribution in [2.75, 3.05) is 0 Å². The number of benzene rings is 1. The Hall–Kier alpha value is -1.77. The number of rotatable bonds is 13. The van der Waals surface area contributed by atoms with E-state index in [9.17, 15) is 4.39 Å². The Morgan fingerprint density at radius 2 is 1.33 bits per heavy atom. The minimum Gasteiger partial charge on any atom is -0.236 e. The molecule has 0 N–H and O–H groups in total. The highest BCUT2D eigenvalue weighted by atomic mass is 19.1. The van der Waals surface area contributed by atoms with E-state index in [1.165, 1.54) is 57.8 Å². The summed E-state index contributed by atoms with van der Waals surface area (Å²) in [5.41, 5.74) is 2.73. The molecule has 1 heterocycles. The van der Waals surface area contributed by atoms with Crippen LogP contribution in [0.2, 0.25) is 0 Å². The van der Waals surface area contributed by atoms with Gasteiger partial charge in [0.2, 0.25) is 0 Å². The Kier molecular flexibility index (Phi) is 10.0. The number of unbranched alkanes of at least 4 members (excludes halogenated alkanes) is 8. The average molecular weight is 371 g/mol. The third-order valence-electron chi connectivity index (χ3n) is 5.14. The van der Waals surface area contributed by atoms with Gasteiger partial charge in [0, 0.05) is 18.0 Å². The minimum atomic E-state index is -0.131. The van der Waals surface area contributed by atoms with Crippen LogP contribution < -0.4 is 0 Å². The molecular formula is C24H35FN2. The van der Waals surface area contributed by atoms with E-state index in [2.05, 4.69) is 23.8 Å². The zero-order chi connectivity index (χ0) is 19.3. The van der Waals surface area contributed by atoms with Crippen LogP contribution in [-0.4, -0.2) is 9.97 Å². The van der Waals surface area contributed by atoms with Gasteiger partial charge in [0.25, 0.3) is 0 Å². The number of aromatic nitrogens is 2. The molecule has 0 fully saturated rings. The van der Waals surface area contributed by atoms with Crippen molar-refractivity contribution < 1.29 is 4.39 Å². The minimum absolute atomic E-state index is 0.131. The first-order valence-corrected chi connectivity index (χ1v) is 10.8. The van der Waals surface area contributed by atoms with Gasteiger partial charge in [-0.25, -0.2) is 14.4 Å². The van der Waals surface area contributed by atoms with Gasteiger partial charge in [-0.2, -0.15) is 0 Å². The van der Waals surface area contributed by atoms with Crippen LogP contribution in [0.1, 0.15) is 89.2 Å². The van der Waals surface area contributed by atoms with Crippen LogP contribution in [0.15, 0.2) is 30.6 Å². The maximum absolute atomic E-state index is 14.4. The molecule has 0 atom stereocenters. The summed E-state index contributed by atoms with van der Waals surface area (Å²) in [6, 6.07) is 5.44.